The minimum atomic E-state index is -0.382. The van der Waals surface area contributed by atoms with Crippen molar-refractivity contribution in [1.29, 1.82) is 0 Å². The third-order valence-electron chi connectivity index (χ3n) is 5.21. The number of carbonyl (C=O) groups excluding carboxylic acids is 3. The zero-order valence-electron chi connectivity index (χ0n) is 17.6. The summed E-state index contributed by atoms with van der Waals surface area (Å²) in [6.45, 7) is 0.977. The molecule has 1 unspecified atom stereocenters. The van der Waals surface area contributed by atoms with Crippen molar-refractivity contribution in [2.75, 3.05) is 32.1 Å². The number of nitrogens with zero attached hydrogens (tertiary/aromatic N) is 1. The van der Waals surface area contributed by atoms with Gasteiger partial charge in [-0.1, -0.05) is 42.5 Å². The Kier molecular flexibility index (Phi) is 7.86. The minimum absolute atomic E-state index is 0.00810. The van der Waals surface area contributed by atoms with E-state index in [2.05, 4.69) is 16.2 Å². The van der Waals surface area contributed by atoms with Gasteiger partial charge in [-0.15, -0.1) is 0 Å². The Morgan fingerprint density at radius 2 is 1.77 bits per heavy atom. The van der Waals surface area contributed by atoms with Crippen LogP contribution in [0.4, 0.5) is 5.69 Å². The summed E-state index contributed by atoms with van der Waals surface area (Å²) in [5.74, 6) is -0.388. The Morgan fingerprint density at radius 1 is 1.03 bits per heavy atom. The number of anilines is 1. The third-order valence-corrected chi connectivity index (χ3v) is 5.21. The Labute approximate surface area is 181 Å². The lowest BCUT2D eigenvalue weighted by Crippen LogP contribution is -2.51. The van der Waals surface area contributed by atoms with E-state index >= 15 is 0 Å². The van der Waals surface area contributed by atoms with Crippen LogP contribution in [0.2, 0.25) is 0 Å². The maximum absolute atomic E-state index is 12.6. The number of hydrazine groups is 1. The average Bonchev–Trinajstić information content (AvgIpc) is 2.82. The standard InChI is InChI=1S/C23H28N4O4/c1-31-20-12-6-5-11-19(20)24-15-21(28)25-26-23(30)18-10-7-13-27(16-18)22(29)14-17-8-3-2-4-9-17/h2-6,8-9,11-12,18,24H,7,10,13-16H2,1H3,(H,25,28)(H,26,30). The van der Waals surface area contributed by atoms with E-state index in [4.69, 9.17) is 4.74 Å². The number of nitrogens with one attached hydrogen (secondary N) is 3. The van der Waals surface area contributed by atoms with Crippen LogP contribution in [0, 0.1) is 5.92 Å². The summed E-state index contributed by atoms with van der Waals surface area (Å²) in [4.78, 5) is 38.9. The maximum Gasteiger partial charge on any atom is 0.257 e. The number of amides is 3. The van der Waals surface area contributed by atoms with E-state index in [0.717, 1.165) is 12.0 Å². The first-order chi connectivity index (χ1) is 15.1. The number of hydrogen-bond donors (Lipinski definition) is 3. The number of para-hydroxylation sites is 2. The average molecular weight is 425 g/mol. The molecule has 0 aliphatic carbocycles. The highest BCUT2D eigenvalue weighted by molar-refractivity contribution is 5.86. The largest absolute Gasteiger partial charge is 0.495 e. The summed E-state index contributed by atoms with van der Waals surface area (Å²) in [7, 11) is 1.55. The molecule has 0 aromatic heterocycles. The number of ether oxygens (including phenoxy) is 1. The van der Waals surface area contributed by atoms with E-state index in [1.54, 1.807) is 24.1 Å². The molecular formula is C23H28N4O4. The molecule has 2 aromatic carbocycles. The van der Waals surface area contributed by atoms with Crippen molar-refractivity contribution >= 4 is 23.4 Å². The van der Waals surface area contributed by atoms with Gasteiger partial charge >= 0.3 is 0 Å². The number of likely N-dealkylation sites (tertiary alicyclic amines) is 1. The van der Waals surface area contributed by atoms with Gasteiger partial charge in [-0.25, -0.2) is 0 Å². The molecule has 0 saturated carbocycles. The van der Waals surface area contributed by atoms with Gasteiger partial charge in [0.25, 0.3) is 5.91 Å². The topological polar surface area (TPSA) is 99.8 Å². The summed E-state index contributed by atoms with van der Waals surface area (Å²) < 4.78 is 5.23. The van der Waals surface area contributed by atoms with Crippen LogP contribution in [0.5, 0.6) is 5.75 Å². The Morgan fingerprint density at radius 3 is 2.55 bits per heavy atom. The molecule has 1 heterocycles. The van der Waals surface area contributed by atoms with Crippen molar-refractivity contribution in [3.63, 3.8) is 0 Å². The molecule has 1 fully saturated rings. The fourth-order valence-electron chi connectivity index (χ4n) is 3.54. The molecule has 0 radical (unpaired) electrons. The molecule has 1 aliphatic heterocycles. The van der Waals surface area contributed by atoms with E-state index in [9.17, 15) is 14.4 Å². The van der Waals surface area contributed by atoms with Crippen LogP contribution in [0.25, 0.3) is 0 Å². The van der Waals surface area contributed by atoms with Crippen molar-refractivity contribution in [2.45, 2.75) is 19.3 Å². The smallest absolute Gasteiger partial charge is 0.257 e. The highest BCUT2D eigenvalue weighted by atomic mass is 16.5. The molecule has 1 aliphatic rings. The van der Waals surface area contributed by atoms with E-state index in [1.807, 2.05) is 42.5 Å². The SMILES string of the molecule is COc1ccccc1NCC(=O)NNC(=O)C1CCCN(C(=O)Cc2ccccc2)C1. The van der Waals surface area contributed by atoms with Crippen LogP contribution < -0.4 is 20.9 Å². The summed E-state index contributed by atoms with van der Waals surface area (Å²) in [5.41, 5.74) is 6.54. The summed E-state index contributed by atoms with van der Waals surface area (Å²) in [5, 5.41) is 2.97. The van der Waals surface area contributed by atoms with Gasteiger partial charge in [-0.3, -0.25) is 25.2 Å². The molecular weight excluding hydrogens is 396 g/mol. The number of methoxy groups -OCH3 is 1. The number of piperidine rings is 1. The maximum atomic E-state index is 12.6. The van der Waals surface area contributed by atoms with E-state index in [-0.39, 0.29) is 30.2 Å². The minimum Gasteiger partial charge on any atom is -0.495 e. The Bertz CT molecular complexity index is 903. The van der Waals surface area contributed by atoms with Gasteiger partial charge in [-0.05, 0) is 30.5 Å². The monoisotopic (exact) mass is 424 g/mol. The van der Waals surface area contributed by atoms with Gasteiger partial charge in [-0.2, -0.15) is 0 Å². The molecule has 0 bridgehead atoms. The number of carbonyl (C=O) groups is 3. The second-order valence-corrected chi connectivity index (χ2v) is 7.43. The summed E-state index contributed by atoms with van der Waals surface area (Å²) in [6, 6.07) is 16.8. The zero-order chi connectivity index (χ0) is 22.1. The van der Waals surface area contributed by atoms with Crippen LogP contribution in [-0.2, 0) is 20.8 Å². The highest BCUT2D eigenvalue weighted by Crippen LogP contribution is 2.22. The lowest BCUT2D eigenvalue weighted by molar-refractivity contribution is -0.136. The predicted octanol–water partition coefficient (Wildman–Crippen LogP) is 1.74. The molecule has 31 heavy (non-hydrogen) atoms. The van der Waals surface area contributed by atoms with Gasteiger partial charge in [0.05, 0.1) is 31.7 Å². The van der Waals surface area contributed by atoms with Crippen LogP contribution in [0.15, 0.2) is 54.6 Å². The van der Waals surface area contributed by atoms with Crippen molar-refractivity contribution < 1.29 is 19.1 Å². The fraction of sp³-hybridized carbons (Fsp3) is 0.348. The molecule has 8 nitrogen and oxygen atoms in total. The molecule has 1 atom stereocenters. The number of rotatable bonds is 7. The predicted molar refractivity (Wildman–Crippen MR) is 117 cm³/mol. The molecule has 1 saturated heterocycles. The van der Waals surface area contributed by atoms with Crippen molar-refractivity contribution in [2.24, 2.45) is 5.92 Å². The molecule has 3 N–H and O–H groups in total. The zero-order valence-corrected chi connectivity index (χ0v) is 17.6. The van der Waals surface area contributed by atoms with Gasteiger partial charge in [0.2, 0.25) is 11.8 Å². The second kappa shape index (κ2) is 11.0. The van der Waals surface area contributed by atoms with E-state index < -0.39 is 0 Å². The van der Waals surface area contributed by atoms with Gasteiger partial charge < -0.3 is 15.0 Å². The molecule has 3 amide bonds. The van der Waals surface area contributed by atoms with Crippen LogP contribution in [0.3, 0.4) is 0 Å². The first-order valence-electron chi connectivity index (χ1n) is 10.3. The molecule has 0 spiro atoms. The van der Waals surface area contributed by atoms with Gasteiger partial charge in [0, 0.05) is 13.1 Å². The molecule has 2 aromatic rings. The number of benzene rings is 2. The van der Waals surface area contributed by atoms with Crippen molar-refractivity contribution in [3.8, 4) is 5.75 Å². The Balaban J connectivity index is 1.43. The molecule has 8 heteroatoms. The Hall–Kier alpha value is -3.55. The van der Waals surface area contributed by atoms with Gasteiger partial charge in [0.15, 0.2) is 0 Å². The third kappa shape index (κ3) is 6.47. The van der Waals surface area contributed by atoms with E-state index in [1.165, 1.54) is 0 Å². The van der Waals surface area contributed by atoms with Crippen LogP contribution in [0.1, 0.15) is 18.4 Å². The first-order valence-corrected chi connectivity index (χ1v) is 10.3. The van der Waals surface area contributed by atoms with Crippen LogP contribution in [-0.4, -0.2) is 49.4 Å². The quantitative estimate of drug-likeness (QED) is 0.588. The lowest BCUT2D eigenvalue weighted by atomic mass is 9.97. The van der Waals surface area contributed by atoms with Gasteiger partial charge in [0.1, 0.15) is 5.75 Å². The molecule has 3 rings (SSSR count). The summed E-state index contributed by atoms with van der Waals surface area (Å²) >= 11 is 0. The second-order valence-electron chi connectivity index (χ2n) is 7.43. The fourth-order valence-corrected chi connectivity index (χ4v) is 3.54. The first kappa shape index (κ1) is 22.1. The summed E-state index contributed by atoms with van der Waals surface area (Å²) in [6.07, 6.45) is 1.75. The normalized spacial score (nSPS) is 15.6. The van der Waals surface area contributed by atoms with Crippen molar-refractivity contribution in [1.82, 2.24) is 15.8 Å². The lowest BCUT2D eigenvalue weighted by Gasteiger charge is -2.32. The van der Waals surface area contributed by atoms with E-state index in [0.29, 0.717) is 37.4 Å². The molecule has 164 valence electrons. The highest BCUT2D eigenvalue weighted by Gasteiger charge is 2.28. The number of hydrogen-bond acceptors (Lipinski definition) is 5. The van der Waals surface area contributed by atoms with Crippen molar-refractivity contribution in [3.05, 3.63) is 60.2 Å². The van der Waals surface area contributed by atoms with Crippen LogP contribution >= 0.6 is 0 Å².